The SMILES string of the molecule is CCc1ccccc1NC(=O)CC(C)NCCC(O)C(C)C. The molecular weight excluding hydrogens is 276 g/mol. The van der Waals surface area contributed by atoms with E-state index in [2.05, 4.69) is 17.6 Å². The van der Waals surface area contributed by atoms with E-state index in [0.717, 1.165) is 24.2 Å². The topological polar surface area (TPSA) is 61.4 Å². The molecule has 1 aromatic carbocycles. The van der Waals surface area contributed by atoms with Gasteiger partial charge in [-0.15, -0.1) is 0 Å². The molecule has 0 aliphatic rings. The second-order valence-corrected chi connectivity index (χ2v) is 6.22. The Morgan fingerprint density at radius 2 is 1.91 bits per heavy atom. The van der Waals surface area contributed by atoms with Crippen LogP contribution < -0.4 is 10.6 Å². The van der Waals surface area contributed by atoms with Crippen LogP contribution in [0, 0.1) is 5.92 Å². The summed E-state index contributed by atoms with van der Waals surface area (Å²) in [4.78, 5) is 12.1. The number of para-hydroxylation sites is 1. The first-order valence-corrected chi connectivity index (χ1v) is 8.23. The third kappa shape index (κ3) is 6.58. The molecule has 0 saturated carbocycles. The molecule has 4 heteroatoms. The van der Waals surface area contributed by atoms with Crippen LogP contribution in [-0.2, 0) is 11.2 Å². The van der Waals surface area contributed by atoms with Crippen LogP contribution in [-0.4, -0.2) is 29.7 Å². The number of benzene rings is 1. The van der Waals surface area contributed by atoms with Crippen LogP contribution in [0.3, 0.4) is 0 Å². The van der Waals surface area contributed by atoms with E-state index in [1.807, 2.05) is 45.0 Å². The predicted molar refractivity (Wildman–Crippen MR) is 92.0 cm³/mol. The summed E-state index contributed by atoms with van der Waals surface area (Å²) in [7, 11) is 0. The van der Waals surface area contributed by atoms with Crippen LogP contribution >= 0.6 is 0 Å². The highest BCUT2D eigenvalue weighted by molar-refractivity contribution is 5.91. The first kappa shape index (κ1) is 18.7. The van der Waals surface area contributed by atoms with Crippen molar-refractivity contribution in [3.05, 3.63) is 29.8 Å². The molecule has 1 aromatic rings. The average molecular weight is 306 g/mol. The quantitative estimate of drug-likeness (QED) is 0.657. The maximum Gasteiger partial charge on any atom is 0.225 e. The van der Waals surface area contributed by atoms with Crippen molar-refractivity contribution in [3.8, 4) is 0 Å². The van der Waals surface area contributed by atoms with Crippen molar-refractivity contribution in [1.82, 2.24) is 5.32 Å². The predicted octanol–water partition coefficient (Wildman–Crippen LogP) is 2.96. The molecular formula is C18H30N2O2. The summed E-state index contributed by atoms with van der Waals surface area (Å²) in [6.45, 7) is 8.81. The minimum Gasteiger partial charge on any atom is -0.393 e. The molecule has 124 valence electrons. The number of aryl methyl sites for hydroxylation is 1. The van der Waals surface area contributed by atoms with Gasteiger partial charge in [0.2, 0.25) is 5.91 Å². The second kappa shape index (κ2) is 9.59. The monoisotopic (exact) mass is 306 g/mol. The van der Waals surface area contributed by atoms with E-state index in [1.165, 1.54) is 0 Å². The van der Waals surface area contributed by atoms with Gasteiger partial charge < -0.3 is 15.7 Å². The summed E-state index contributed by atoms with van der Waals surface area (Å²) in [5.41, 5.74) is 2.05. The van der Waals surface area contributed by atoms with Crippen molar-refractivity contribution < 1.29 is 9.90 Å². The molecule has 1 rings (SSSR count). The lowest BCUT2D eigenvalue weighted by Crippen LogP contribution is -2.33. The Balaban J connectivity index is 2.35. The highest BCUT2D eigenvalue weighted by Gasteiger charge is 2.12. The van der Waals surface area contributed by atoms with E-state index in [-0.39, 0.29) is 24.0 Å². The van der Waals surface area contributed by atoms with Crippen LogP contribution in [0.15, 0.2) is 24.3 Å². The van der Waals surface area contributed by atoms with Gasteiger partial charge in [0.15, 0.2) is 0 Å². The molecule has 0 heterocycles. The lowest BCUT2D eigenvalue weighted by Gasteiger charge is -2.18. The Morgan fingerprint density at radius 1 is 1.23 bits per heavy atom. The van der Waals surface area contributed by atoms with Crippen molar-refractivity contribution in [3.63, 3.8) is 0 Å². The number of anilines is 1. The molecule has 0 aliphatic heterocycles. The van der Waals surface area contributed by atoms with Gasteiger partial charge in [-0.05, 0) is 43.9 Å². The maximum absolute atomic E-state index is 12.1. The number of carbonyl (C=O) groups is 1. The van der Waals surface area contributed by atoms with Gasteiger partial charge in [0.25, 0.3) is 0 Å². The van der Waals surface area contributed by atoms with Gasteiger partial charge in [-0.1, -0.05) is 39.0 Å². The molecule has 0 fully saturated rings. The van der Waals surface area contributed by atoms with Crippen LogP contribution in [0.4, 0.5) is 5.69 Å². The summed E-state index contributed by atoms with van der Waals surface area (Å²) < 4.78 is 0. The van der Waals surface area contributed by atoms with Gasteiger partial charge >= 0.3 is 0 Å². The number of aliphatic hydroxyl groups excluding tert-OH is 1. The average Bonchev–Trinajstić information content (AvgIpc) is 2.47. The Labute approximate surface area is 134 Å². The van der Waals surface area contributed by atoms with Crippen LogP contribution in [0.25, 0.3) is 0 Å². The van der Waals surface area contributed by atoms with Gasteiger partial charge in [-0.3, -0.25) is 4.79 Å². The molecule has 0 saturated heterocycles. The van der Waals surface area contributed by atoms with E-state index in [9.17, 15) is 9.90 Å². The molecule has 2 atom stereocenters. The molecule has 22 heavy (non-hydrogen) atoms. The van der Waals surface area contributed by atoms with Gasteiger partial charge in [-0.25, -0.2) is 0 Å². The Morgan fingerprint density at radius 3 is 2.55 bits per heavy atom. The van der Waals surface area contributed by atoms with Crippen molar-refractivity contribution in [2.75, 3.05) is 11.9 Å². The highest BCUT2D eigenvalue weighted by atomic mass is 16.3. The lowest BCUT2D eigenvalue weighted by molar-refractivity contribution is -0.116. The zero-order valence-electron chi connectivity index (χ0n) is 14.2. The molecule has 1 amide bonds. The third-order valence-corrected chi connectivity index (χ3v) is 3.87. The van der Waals surface area contributed by atoms with Crippen molar-refractivity contribution >= 4 is 11.6 Å². The number of hydrogen-bond donors (Lipinski definition) is 3. The summed E-state index contributed by atoms with van der Waals surface area (Å²) in [5, 5.41) is 16.0. The fourth-order valence-electron chi connectivity index (χ4n) is 2.31. The maximum atomic E-state index is 12.1. The zero-order chi connectivity index (χ0) is 16.5. The van der Waals surface area contributed by atoms with E-state index >= 15 is 0 Å². The number of hydrogen-bond acceptors (Lipinski definition) is 3. The molecule has 0 aliphatic carbocycles. The van der Waals surface area contributed by atoms with Gasteiger partial charge in [0.05, 0.1) is 6.10 Å². The molecule has 4 nitrogen and oxygen atoms in total. The minimum absolute atomic E-state index is 0.0188. The summed E-state index contributed by atoms with van der Waals surface area (Å²) in [5.74, 6) is 0.288. The minimum atomic E-state index is -0.287. The van der Waals surface area contributed by atoms with E-state index in [0.29, 0.717) is 12.8 Å². The van der Waals surface area contributed by atoms with Gasteiger partial charge in [0, 0.05) is 18.2 Å². The van der Waals surface area contributed by atoms with Crippen LogP contribution in [0.5, 0.6) is 0 Å². The normalized spacial score (nSPS) is 13.9. The number of aliphatic hydroxyl groups is 1. The van der Waals surface area contributed by atoms with Crippen molar-refractivity contribution in [2.45, 2.75) is 59.1 Å². The lowest BCUT2D eigenvalue weighted by atomic mass is 10.0. The standard InChI is InChI=1S/C18H30N2O2/c1-5-15-8-6-7-9-16(15)20-18(22)12-14(4)19-11-10-17(21)13(2)3/h6-9,13-14,17,19,21H,5,10-12H2,1-4H3,(H,20,22). The Bertz CT molecular complexity index is 460. The van der Waals surface area contributed by atoms with Crippen LogP contribution in [0.2, 0.25) is 0 Å². The summed E-state index contributed by atoms with van der Waals surface area (Å²) in [6.07, 6.45) is 1.75. The summed E-state index contributed by atoms with van der Waals surface area (Å²) in [6, 6.07) is 7.98. The molecule has 0 spiro atoms. The van der Waals surface area contributed by atoms with E-state index < -0.39 is 0 Å². The third-order valence-electron chi connectivity index (χ3n) is 3.87. The molecule has 0 radical (unpaired) electrons. The second-order valence-electron chi connectivity index (χ2n) is 6.22. The summed E-state index contributed by atoms with van der Waals surface area (Å²) >= 11 is 0. The molecule has 3 N–H and O–H groups in total. The Kier molecular flexibility index (Phi) is 8.13. The zero-order valence-corrected chi connectivity index (χ0v) is 14.2. The molecule has 0 bridgehead atoms. The Hall–Kier alpha value is -1.39. The number of nitrogens with one attached hydrogen (secondary N) is 2. The first-order chi connectivity index (χ1) is 10.4. The number of amides is 1. The smallest absolute Gasteiger partial charge is 0.225 e. The van der Waals surface area contributed by atoms with Gasteiger partial charge in [0.1, 0.15) is 0 Å². The highest BCUT2D eigenvalue weighted by Crippen LogP contribution is 2.15. The number of rotatable bonds is 9. The fraction of sp³-hybridized carbons (Fsp3) is 0.611. The largest absolute Gasteiger partial charge is 0.393 e. The first-order valence-electron chi connectivity index (χ1n) is 8.23. The van der Waals surface area contributed by atoms with E-state index in [4.69, 9.17) is 0 Å². The van der Waals surface area contributed by atoms with Gasteiger partial charge in [-0.2, -0.15) is 0 Å². The van der Waals surface area contributed by atoms with E-state index in [1.54, 1.807) is 0 Å². The molecule has 0 aromatic heterocycles. The van der Waals surface area contributed by atoms with Crippen LogP contribution in [0.1, 0.15) is 46.1 Å². The van der Waals surface area contributed by atoms with Crippen molar-refractivity contribution in [1.29, 1.82) is 0 Å². The van der Waals surface area contributed by atoms with Crippen molar-refractivity contribution in [2.24, 2.45) is 5.92 Å². The number of carbonyl (C=O) groups excluding carboxylic acids is 1. The fourth-order valence-corrected chi connectivity index (χ4v) is 2.31. The molecule has 2 unspecified atom stereocenters.